The Bertz CT molecular complexity index is 331. The highest BCUT2D eigenvalue weighted by Gasteiger charge is 2.20. The first-order chi connectivity index (χ1) is 6.44. The summed E-state index contributed by atoms with van der Waals surface area (Å²) < 4.78 is 0.887. The molecule has 0 aliphatic carbocycles. The monoisotopic (exact) mass is 313 g/mol. The number of hydrogen-bond acceptors (Lipinski definition) is 2. The number of halogens is 3. The fraction of sp³-hybridized carbons (Fsp3) is 0.444. The molecule has 0 amide bonds. The fourth-order valence-corrected chi connectivity index (χ4v) is 2.65. The quantitative estimate of drug-likeness (QED) is 0.597. The molecule has 0 aliphatic heterocycles. The van der Waals surface area contributed by atoms with Gasteiger partial charge in [-0.05, 0) is 35.8 Å². The number of alkyl halides is 1. The van der Waals surface area contributed by atoms with E-state index in [9.17, 15) is 0 Å². The fourth-order valence-electron chi connectivity index (χ4n) is 0.766. The summed E-state index contributed by atoms with van der Waals surface area (Å²) in [6.07, 6.45) is 1.64. The van der Waals surface area contributed by atoms with E-state index >= 15 is 0 Å². The van der Waals surface area contributed by atoms with Crippen molar-refractivity contribution < 1.29 is 0 Å². The number of thioether (sulfide) groups is 1. The average molecular weight is 315 g/mol. The molecule has 1 heterocycles. The van der Waals surface area contributed by atoms with Crippen LogP contribution in [-0.4, -0.2) is 15.6 Å². The third kappa shape index (κ3) is 3.61. The van der Waals surface area contributed by atoms with E-state index in [0.29, 0.717) is 10.9 Å². The third-order valence-corrected chi connectivity index (χ3v) is 4.58. The Labute approximate surface area is 107 Å². The molecule has 0 fully saturated rings. The van der Waals surface area contributed by atoms with Crippen molar-refractivity contribution in [2.24, 2.45) is 0 Å². The summed E-state index contributed by atoms with van der Waals surface area (Å²) in [5.41, 5.74) is 0. The predicted octanol–water partition coefficient (Wildman–Crippen LogP) is 4.61. The van der Waals surface area contributed by atoms with Crippen molar-refractivity contribution in [1.82, 2.24) is 4.98 Å². The van der Waals surface area contributed by atoms with Crippen molar-refractivity contribution >= 4 is 50.9 Å². The van der Waals surface area contributed by atoms with Gasteiger partial charge in [0.15, 0.2) is 0 Å². The van der Waals surface area contributed by atoms with E-state index in [1.54, 1.807) is 18.0 Å². The van der Waals surface area contributed by atoms with E-state index in [1.165, 1.54) is 0 Å². The smallest absolute Gasteiger partial charge is 0.111 e. The van der Waals surface area contributed by atoms with E-state index in [2.05, 4.69) is 34.8 Å². The lowest BCUT2D eigenvalue weighted by Crippen LogP contribution is -2.16. The molecule has 5 heteroatoms. The molecule has 78 valence electrons. The van der Waals surface area contributed by atoms with Crippen molar-refractivity contribution in [3.8, 4) is 0 Å². The molecule has 0 unspecified atom stereocenters. The van der Waals surface area contributed by atoms with Crippen LogP contribution in [0.5, 0.6) is 0 Å². The van der Waals surface area contributed by atoms with Crippen LogP contribution in [0.3, 0.4) is 0 Å². The summed E-state index contributed by atoms with van der Waals surface area (Å²) in [6, 6.07) is 1.83. The normalized spacial score (nSPS) is 11.8. The summed E-state index contributed by atoms with van der Waals surface area (Å²) in [7, 11) is 0. The van der Waals surface area contributed by atoms with Gasteiger partial charge in [-0.15, -0.1) is 11.6 Å². The summed E-state index contributed by atoms with van der Waals surface area (Å²) in [6.45, 7) is 4.15. The summed E-state index contributed by atoms with van der Waals surface area (Å²) >= 11 is 16.7. The van der Waals surface area contributed by atoms with Gasteiger partial charge in [0.1, 0.15) is 5.03 Å². The minimum absolute atomic E-state index is 0.0229. The first-order valence-corrected chi connectivity index (χ1v) is 6.53. The lowest BCUT2D eigenvalue weighted by atomic mass is 10.2. The van der Waals surface area contributed by atoms with Gasteiger partial charge in [-0.1, -0.05) is 23.4 Å². The number of nitrogens with zero attached hydrogens (tertiary/aromatic N) is 1. The van der Waals surface area contributed by atoms with Crippen LogP contribution < -0.4 is 0 Å². The first kappa shape index (κ1) is 12.6. The molecule has 1 nitrogen and oxygen atoms in total. The standard InChI is InChI=1S/C9H10BrCl2NS/c1-9(2,5-11)14-8-7(10)3-6(12)4-13-8/h3-4H,5H2,1-2H3. The molecule has 14 heavy (non-hydrogen) atoms. The van der Waals surface area contributed by atoms with Crippen molar-refractivity contribution in [1.29, 1.82) is 0 Å². The molecule has 0 aromatic carbocycles. The van der Waals surface area contributed by atoms with Crippen molar-refractivity contribution in [3.63, 3.8) is 0 Å². The van der Waals surface area contributed by atoms with Gasteiger partial charge in [0.05, 0.1) is 9.50 Å². The van der Waals surface area contributed by atoms with E-state index < -0.39 is 0 Å². The first-order valence-electron chi connectivity index (χ1n) is 4.00. The molecule has 0 bridgehead atoms. The minimum Gasteiger partial charge on any atom is -0.247 e. The molecule has 0 spiro atoms. The average Bonchev–Trinajstić information content (AvgIpc) is 2.10. The van der Waals surface area contributed by atoms with Crippen LogP contribution in [0.25, 0.3) is 0 Å². The molecule has 0 N–H and O–H groups in total. The zero-order chi connectivity index (χ0) is 10.8. The van der Waals surface area contributed by atoms with Crippen LogP contribution in [-0.2, 0) is 0 Å². The molecule has 0 saturated carbocycles. The van der Waals surface area contributed by atoms with Crippen LogP contribution in [0.4, 0.5) is 0 Å². The van der Waals surface area contributed by atoms with Crippen LogP contribution in [0.15, 0.2) is 21.8 Å². The zero-order valence-corrected chi connectivity index (χ0v) is 11.8. The van der Waals surface area contributed by atoms with E-state index in [-0.39, 0.29) is 4.75 Å². The Balaban J connectivity index is 2.87. The van der Waals surface area contributed by atoms with Gasteiger partial charge in [0, 0.05) is 16.8 Å². The van der Waals surface area contributed by atoms with Gasteiger partial charge >= 0.3 is 0 Å². The number of hydrogen-bond donors (Lipinski definition) is 0. The second-order valence-electron chi connectivity index (χ2n) is 3.44. The van der Waals surface area contributed by atoms with Gasteiger partial charge in [-0.2, -0.15) is 0 Å². The van der Waals surface area contributed by atoms with Gasteiger partial charge < -0.3 is 0 Å². The van der Waals surface area contributed by atoms with Crippen molar-refractivity contribution in [3.05, 3.63) is 21.8 Å². The second-order valence-corrected chi connectivity index (χ2v) is 6.69. The minimum atomic E-state index is -0.0229. The largest absolute Gasteiger partial charge is 0.247 e. The van der Waals surface area contributed by atoms with Crippen LogP contribution in [0.1, 0.15) is 13.8 Å². The lowest BCUT2D eigenvalue weighted by Gasteiger charge is -2.20. The topological polar surface area (TPSA) is 12.9 Å². The van der Waals surface area contributed by atoms with Gasteiger partial charge in [-0.3, -0.25) is 0 Å². The summed E-state index contributed by atoms with van der Waals surface area (Å²) in [5, 5.41) is 1.55. The Hall–Kier alpha value is 0.560. The number of pyridine rings is 1. The van der Waals surface area contributed by atoms with E-state index in [0.717, 1.165) is 9.50 Å². The molecular formula is C9H10BrCl2NS. The predicted molar refractivity (Wildman–Crippen MR) is 67.6 cm³/mol. The van der Waals surface area contributed by atoms with Gasteiger partial charge in [0.25, 0.3) is 0 Å². The van der Waals surface area contributed by atoms with E-state index in [1.807, 2.05) is 6.07 Å². The van der Waals surface area contributed by atoms with Gasteiger partial charge in [0.2, 0.25) is 0 Å². The van der Waals surface area contributed by atoms with E-state index in [4.69, 9.17) is 23.2 Å². The maximum atomic E-state index is 5.84. The Morgan fingerprint density at radius 1 is 1.57 bits per heavy atom. The molecule has 0 aliphatic rings. The van der Waals surface area contributed by atoms with Gasteiger partial charge in [-0.25, -0.2) is 4.98 Å². The third-order valence-electron chi connectivity index (χ3n) is 1.47. The molecule has 1 aromatic rings. The molecule has 0 atom stereocenters. The molecular weight excluding hydrogens is 305 g/mol. The summed E-state index contributed by atoms with van der Waals surface area (Å²) in [5.74, 6) is 0.578. The Kier molecular flexibility index (Phi) is 4.56. The Morgan fingerprint density at radius 3 is 2.71 bits per heavy atom. The number of aromatic nitrogens is 1. The lowest BCUT2D eigenvalue weighted by molar-refractivity contribution is 0.806. The maximum absolute atomic E-state index is 5.84. The van der Waals surface area contributed by atoms with Crippen molar-refractivity contribution in [2.45, 2.75) is 23.6 Å². The van der Waals surface area contributed by atoms with Crippen molar-refractivity contribution in [2.75, 3.05) is 5.88 Å². The Morgan fingerprint density at radius 2 is 2.21 bits per heavy atom. The number of rotatable bonds is 3. The van der Waals surface area contributed by atoms with Crippen LogP contribution in [0, 0.1) is 0 Å². The molecule has 1 aromatic heterocycles. The highest BCUT2D eigenvalue weighted by Crippen LogP contribution is 2.36. The SMILES string of the molecule is CC(C)(CCl)Sc1ncc(Cl)cc1Br. The second kappa shape index (κ2) is 5.06. The summed E-state index contributed by atoms with van der Waals surface area (Å²) in [4.78, 5) is 4.24. The maximum Gasteiger partial charge on any atom is 0.111 e. The van der Waals surface area contributed by atoms with Crippen LogP contribution >= 0.6 is 50.9 Å². The highest BCUT2D eigenvalue weighted by atomic mass is 79.9. The highest BCUT2D eigenvalue weighted by molar-refractivity contribution is 9.10. The van der Waals surface area contributed by atoms with Crippen LogP contribution in [0.2, 0.25) is 5.02 Å². The molecule has 0 radical (unpaired) electrons. The molecule has 1 rings (SSSR count). The molecule has 0 saturated heterocycles. The zero-order valence-electron chi connectivity index (χ0n) is 7.85.